The molecule has 1 aliphatic carbocycles. The van der Waals surface area contributed by atoms with Crippen LogP contribution >= 0.6 is 0 Å². The van der Waals surface area contributed by atoms with E-state index in [1.165, 1.54) is 12.0 Å². The minimum Gasteiger partial charge on any atom is -0.328 e. The van der Waals surface area contributed by atoms with Crippen molar-refractivity contribution in [2.24, 2.45) is 0 Å². The first-order valence-corrected chi connectivity index (χ1v) is 4.95. The van der Waals surface area contributed by atoms with E-state index >= 15 is 0 Å². The third-order valence-electron chi connectivity index (χ3n) is 2.98. The SMILES string of the molecule is C[N+](C)(C)[C@H]1C[C@@H]1c1ccccc1. The van der Waals surface area contributed by atoms with Gasteiger partial charge in [0.05, 0.1) is 27.2 Å². The van der Waals surface area contributed by atoms with E-state index in [-0.39, 0.29) is 0 Å². The molecule has 1 aliphatic rings. The molecule has 0 unspecified atom stereocenters. The van der Waals surface area contributed by atoms with Crippen molar-refractivity contribution in [1.29, 1.82) is 0 Å². The minimum atomic E-state index is 0.807. The lowest BCUT2D eigenvalue weighted by Gasteiger charge is -2.24. The van der Waals surface area contributed by atoms with Gasteiger partial charge in [-0.1, -0.05) is 30.3 Å². The van der Waals surface area contributed by atoms with Gasteiger partial charge in [-0.05, 0) is 5.56 Å². The Bertz CT molecular complexity index is 284. The van der Waals surface area contributed by atoms with Gasteiger partial charge in [0.15, 0.2) is 0 Å². The van der Waals surface area contributed by atoms with Gasteiger partial charge >= 0.3 is 0 Å². The molecular formula is C12H18N+. The third kappa shape index (κ3) is 1.75. The van der Waals surface area contributed by atoms with E-state index in [0.29, 0.717) is 0 Å². The van der Waals surface area contributed by atoms with Gasteiger partial charge in [0, 0.05) is 12.3 Å². The lowest BCUT2D eigenvalue weighted by Crippen LogP contribution is -2.37. The molecule has 1 saturated carbocycles. The first kappa shape index (κ1) is 8.76. The van der Waals surface area contributed by atoms with E-state index in [9.17, 15) is 0 Å². The molecule has 1 aromatic carbocycles. The molecule has 0 radical (unpaired) electrons. The molecule has 2 atom stereocenters. The van der Waals surface area contributed by atoms with Crippen LogP contribution in [0.15, 0.2) is 30.3 Å². The Hall–Kier alpha value is -0.820. The van der Waals surface area contributed by atoms with Gasteiger partial charge in [0.25, 0.3) is 0 Å². The van der Waals surface area contributed by atoms with Crippen LogP contribution in [0, 0.1) is 0 Å². The second-order valence-corrected chi connectivity index (χ2v) is 4.94. The van der Waals surface area contributed by atoms with Crippen LogP contribution in [-0.2, 0) is 0 Å². The summed E-state index contributed by atoms with van der Waals surface area (Å²) in [4.78, 5) is 0. The standard InChI is InChI=1S/C12H18N/c1-13(2,3)12-9-11(12)10-7-5-4-6-8-10/h4-8,11-12H,9H2,1-3H3/q+1/t11-,12+/m1/s1. The Kier molecular flexibility index (Phi) is 1.92. The average Bonchev–Trinajstić information content (AvgIpc) is 2.83. The second-order valence-electron chi connectivity index (χ2n) is 4.94. The first-order valence-electron chi connectivity index (χ1n) is 4.95. The molecular weight excluding hydrogens is 158 g/mol. The zero-order valence-electron chi connectivity index (χ0n) is 8.70. The Morgan fingerprint density at radius 2 is 1.69 bits per heavy atom. The third-order valence-corrected chi connectivity index (χ3v) is 2.98. The smallest absolute Gasteiger partial charge is 0.0964 e. The van der Waals surface area contributed by atoms with Gasteiger partial charge in [-0.25, -0.2) is 0 Å². The highest BCUT2D eigenvalue weighted by atomic mass is 15.3. The summed E-state index contributed by atoms with van der Waals surface area (Å²) in [5.74, 6) is 0.807. The zero-order chi connectivity index (χ0) is 9.47. The maximum Gasteiger partial charge on any atom is 0.0964 e. The molecule has 0 amide bonds. The topological polar surface area (TPSA) is 0 Å². The molecule has 0 spiro atoms. The summed E-state index contributed by atoms with van der Waals surface area (Å²) in [5.41, 5.74) is 1.51. The van der Waals surface area contributed by atoms with E-state index in [0.717, 1.165) is 16.4 Å². The summed E-state index contributed by atoms with van der Waals surface area (Å²) in [5, 5.41) is 0. The summed E-state index contributed by atoms with van der Waals surface area (Å²) in [6.45, 7) is 0. The van der Waals surface area contributed by atoms with Gasteiger partial charge in [0.1, 0.15) is 0 Å². The summed E-state index contributed by atoms with van der Waals surface area (Å²) in [7, 11) is 6.86. The van der Waals surface area contributed by atoms with E-state index in [4.69, 9.17) is 0 Å². The molecule has 70 valence electrons. The molecule has 1 aromatic rings. The molecule has 0 N–H and O–H groups in total. The predicted molar refractivity (Wildman–Crippen MR) is 55.6 cm³/mol. The van der Waals surface area contributed by atoms with Gasteiger partial charge in [-0.15, -0.1) is 0 Å². The van der Waals surface area contributed by atoms with Crippen molar-refractivity contribution >= 4 is 0 Å². The van der Waals surface area contributed by atoms with Gasteiger partial charge in [-0.2, -0.15) is 0 Å². The van der Waals surface area contributed by atoms with Crippen molar-refractivity contribution in [3.8, 4) is 0 Å². The van der Waals surface area contributed by atoms with Crippen molar-refractivity contribution in [3.05, 3.63) is 35.9 Å². The Labute approximate surface area is 80.6 Å². The van der Waals surface area contributed by atoms with Crippen LogP contribution in [0.4, 0.5) is 0 Å². The number of benzene rings is 1. The minimum absolute atomic E-state index is 0.807. The van der Waals surface area contributed by atoms with Crippen LogP contribution in [0.5, 0.6) is 0 Å². The fourth-order valence-corrected chi connectivity index (χ4v) is 2.10. The molecule has 0 aromatic heterocycles. The number of nitrogens with zero attached hydrogens (tertiary/aromatic N) is 1. The molecule has 0 bridgehead atoms. The highest BCUT2D eigenvalue weighted by Crippen LogP contribution is 2.45. The van der Waals surface area contributed by atoms with Crippen molar-refractivity contribution in [2.75, 3.05) is 21.1 Å². The van der Waals surface area contributed by atoms with E-state index in [1.54, 1.807) is 0 Å². The van der Waals surface area contributed by atoms with Crippen LogP contribution in [0.2, 0.25) is 0 Å². The molecule has 2 rings (SSSR count). The summed E-state index contributed by atoms with van der Waals surface area (Å²) in [6, 6.07) is 11.7. The average molecular weight is 176 g/mol. The normalized spacial score (nSPS) is 27.3. The number of quaternary nitrogens is 1. The van der Waals surface area contributed by atoms with E-state index in [1.807, 2.05) is 0 Å². The predicted octanol–water partition coefficient (Wildman–Crippen LogP) is 2.25. The van der Waals surface area contributed by atoms with Crippen molar-refractivity contribution in [1.82, 2.24) is 0 Å². The Morgan fingerprint density at radius 3 is 2.15 bits per heavy atom. The largest absolute Gasteiger partial charge is 0.328 e. The van der Waals surface area contributed by atoms with Crippen molar-refractivity contribution in [2.45, 2.75) is 18.4 Å². The molecule has 1 fully saturated rings. The lowest BCUT2D eigenvalue weighted by molar-refractivity contribution is -0.882. The fourth-order valence-electron chi connectivity index (χ4n) is 2.10. The first-order chi connectivity index (χ1) is 6.09. The fraction of sp³-hybridized carbons (Fsp3) is 0.500. The van der Waals surface area contributed by atoms with Crippen LogP contribution in [0.1, 0.15) is 17.9 Å². The summed E-state index contributed by atoms with van der Waals surface area (Å²) < 4.78 is 1.10. The second kappa shape index (κ2) is 2.85. The summed E-state index contributed by atoms with van der Waals surface area (Å²) in [6.07, 6.45) is 1.35. The van der Waals surface area contributed by atoms with Crippen LogP contribution in [0.3, 0.4) is 0 Å². The molecule has 0 saturated heterocycles. The monoisotopic (exact) mass is 176 g/mol. The summed E-state index contributed by atoms with van der Waals surface area (Å²) >= 11 is 0. The van der Waals surface area contributed by atoms with E-state index < -0.39 is 0 Å². The van der Waals surface area contributed by atoms with Gasteiger partial charge in [-0.3, -0.25) is 0 Å². The van der Waals surface area contributed by atoms with Gasteiger partial charge in [0.2, 0.25) is 0 Å². The number of hydrogen-bond donors (Lipinski definition) is 0. The zero-order valence-corrected chi connectivity index (χ0v) is 8.70. The van der Waals surface area contributed by atoms with Crippen molar-refractivity contribution in [3.63, 3.8) is 0 Å². The molecule has 0 aliphatic heterocycles. The number of hydrogen-bond acceptors (Lipinski definition) is 0. The molecule has 0 heterocycles. The van der Waals surface area contributed by atoms with Crippen LogP contribution in [-0.4, -0.2) is 31.7 Å². The van der Waals surface area contributed by atoms with Crippen LogP contribution in [0.25, 0.3) is 0 Å². The van der Waals surface area contributed by atoms with Crippen molar-refractivity contribution < 1.29 is 4.48 Å². The molecule has 1 nitrogen and oxygen atoms in total. The quantitative estimate of drug-likeness (QED) is 0.606. The maximum absolute atomic E-state index is 2.29. The maximum atomic E-state index is 2.29. The highest BCUT2D eigenvalue weighted by Gasteiger charge is 2.48. The number of rotatable bonds is 2. The number of likely N-dealkylation sites (N-methyl/N-ethyl adjacent to an activating group) is 1. The lowest BCUT2D eigenvalue weighted by atomic mass is 10.1. The van der Waals surface area contributed by atoms with E-state index in [2.05, 4.69) is 51.5 Å². The van der Waals surface area contributed by atoms with Gasteiger partial charge < -0.3 is 4.48 Å². The highest BCUT2D eigenvalue weighted by molar-refractivity contribution is 5.26. The Balaban J connectivity index is 2.09. The Morgan fingerprint density at radius 1 is 1.08 bits per heavy atom. The van der Waals surface area contributed by atoms with Crippen LogP contribution < -0.4 is 0 Å². The molecule has 1 heteroatoms. The molecule has 13 heavy (non-hydrogen) atoms.